The van der Waals surface area contributed by atoms with Gasteiger partial charge in [-0.3, -0.25) is 4.68 Å². The molecule has 5 nitrogen and oxygen atoms in total. The molecule has 3 rings (SSSR count). The largest absolute Gasteiger partial charge is 0.339 e. The standard InChI is InChI=1S/C14H11Cl2N3O2S/c15-10-6-5-9(14-13(10)11(16)7-19(14)17)8-3-1-2-4-12(8)22(18,20)21/h1-7H,17H2,(H2,18,20,21). The molecule has 1 aromatic heterocycles. The molecule has 4 N–H and O–H groups in total. The number of halogens is 2. The Morgan fingerprint density at radius 1 is 0.955 bits per heavy atom. The van der Waals surface area contributed by atoms with Gasteiger partial charge in [0.05, 0.1) is 20.5 Å². The fourth-order valence-corrected chi connectivity index (χ4v) is 3.82. The first-order valence-corrected chi connectivity index (χ1v) is 8.47. The van der Waals surface area contributed by atoms with Gasteiger partial charge in [0.25, 0.3) is 0 Å². The van der Waals surface area contributed by atoms with Crippen LogP contribution in [0.25, 0.3) is 22.0 Å². The molecule has 0 saturated heterocycles. The number of rotatable bonds is 2. The average molecular weight is 356 g/mol. The third-order valence-electron chi connectivity index (χ3n) is 3.36. The molecular weight excluding hydrogens is 345 g/mol. The first-order chi connectivity index (χ1) is 10.3. The van der Waals surface area contributed by atoms with Crippen LogP contribution < -0.4 is 11.0 Å². The van der Waals surface area contributed by atoms with E-state index in [0.717, 1.165) is 0 Å². The summed E-state index contributed by atoms with van der Waals surface area (Å²) in [6.07, 6.45) is 1.52. The topological polar surface area (TPSA) is 91.1 Å². The van der Waals surface area contributed by atoms with E-state index in [-0.39, 0.29) is 4.90 Å². The molecule has 0 aliphatic rings. The zero-order valence-corrected chi connectivity index (χ0v) is 13.5. The molecule has 8 heteroatoms. The summed E-state index contributed by atoms with van der Waals surface area (Å²) < 4.78 is 24.9. The van der Waals surface area contributed by atoms with Crippen LogP contribution >= 0.6 is 23.2 Å². The summed E-state index contributed by atoms with van der Waals surface area (Å²) >= 11 is 12.3. The van der Waals surface area contributed by atoms with Gasteiger partial charge < -0.3 is 5.84 Å². The van der Waals surface area contributed by atoms with Crippen molar-refractivity contribution in [2.24, 2.45) is 5.14 Å². The molecule has 0 amide bonds. The third kappa shape index (κ3) is 2.34. The van der Waals surface area contributed by atoms with Crippen molar-refractivity contribution in [1.82, 2.24) is 4.68 Å². The lowest BCUT2D eigenvalue weighted by atomic mass is 10.0. The zero-order chi connectivity index (χ0) is 16.1. The number of nitrogen functional groups attached to an aromatic ring is 1. The van der Waals surface area contributed by atoms with E-state index in [1.807, 2.05) is 0 Å². The fourth-order valence-electron chi connectivity index (χ4n) is 2.47. The average Bonchev–Trinajstić information content (AvgIpc) is 2.75. The minimum atomic E-state index is -3.88. The fraction of sp³-hybridized carbons (Fsp3) is 0. The Bertz CT molecular complexity index is 997. The van der Waals surface area contributed by atoms with E-state index in [9.17, 15) is 8.42 Å². The quantitative estimate of drug-likeness (QED) is 0.692. The van der Waals surface area contributed by atoms with E-state index in [1.165, 1.54) is 16.9 Å². The molecule has 22 heavy (non-hydrogen) atoms. The lowest BCUT2D eigenvalue weighted by molar-refractivity contribution is 0.598. The highest BCUT2D eigenvalue weighted by Crippen LogP contribution is 2.39. The summed E-state index contributed by atoms with van der Waals surface area (Å²) in [7, 11) is -3.88. The van der Waals surface area contributed by atoms with Gasteiger partial charge in [-0.25, -0.2) is 13.6 Å². The Labute approximate surface area is 137 Å². The van der Waals surface area contributed by atoms with Crippen LogP contribution in [0.1, 0.15) is 0 Å². The van der Waals surface area contributed by atoms with Crippen molar-refractivity contribution in [1.29, 1.82) is 0 Å². The number of primary sulfonamides is 1. The van der Waals surface area contributed by atoms with Gasteiger partial charge in [-0.15, -0.1) is 0 Å². The number of benzene rings is 2. The van der Waals surface area contributed by atoms with Crippen LogP contribution in [0.5, 0.6) is 0 Å². The summed E-state index contributed by atoms with van der Waals surface area (Å²) in [6, 6.07) is 9.75. The minimum absolute atomic E-state index is 0.0101. The third-order valence-corrected chi connectivity index (χ3v) is 4.93. The van der Waals surface area contributed by atoms with Crippen LogP contribution in [-0.2, 0) is 10.0 Å². The molecule has 2 aromatic carbocycles. The van der Waals surface area contributed by atoms with Crippen LogP contribution in [0.4, 0.5) is 0 Å². The molecule has 0 aliphatic heterocycles. The van der Waals surface area contributed by atoms with Crippen LogP contribution in [0.2, 0.25) is 10.0 Å². The Morgan fingerprint density at radius 3 is 2.32 bits per heavy atom. The van der Waals surface area contributed by atoms with Gasteiger partial charge in [-0.2, -0.15) is 0 Å². The lowest BCUT2D eigenvalue weighted by Gasteiger charge is -2.11. The van der Waals surface area contributed by atoms with Gasteiger partial charge in [0.1, 0.15) is 0 Å². The predicted octanol–water partition coefficient (Wildman–Crippen LogP) is 2.98. The van der Waals surface area contributed by atoms with Crippen LogP contribution in [0, 0.1) is 0 Å². The van der Waals surface area contributed by atoms with E-state index in [2.05, 4.69) is 0 Å². The summed E-state index contributed by atoms with van der Waals surface area (Å²) in [6.45, 7) is 0. The second-order valence-corrected chi connectivity index (χ2v) is 7.09. The number of aromatic nitrogens is 1. The molecule has 0 fully saturated rings. The van der Waals surface area contributed by atoms with Crippen molar-refractivity contribution in [3.63, 3.8) is 0 Å². The number of hydrogen-bond donors (Lipinski definition) is 2. The Morgan fingerprint density at radius 2 is 1.64 bits per heavy atom. The summed E-state index contributed by atoms with van der Waals surface area (Å²) in [5, 5.41) is 6.67. The molecule has 0 saturated carbocycles. The minimum Gasteiger partial charge on any atom is -0.339 e. The second kappa shape index (κ2) is 5.17. The van der Waals surface area contributed by atoms with Crippen molar-refractivity contribution in [3.8, 4) is 11.1 Å². The highest BCUT2D eigenvalue weighted by Gasteiger charge is 2.20. The van der Waals surface area contributed by atoms with Gasteiger partial charge in [0.15, 0.2) is 0 Å². The molecule has 0 bridgehead atoms. The first kappa shape index (κ1) is 15.2. The zero-order valence-electron chi connectivity index (χ0n) is 11.1. The van der Waals surface area contributed by atoms with E-state index >= 15 is 0 Å². The van der Waals surface area contributed by atoms with Crippen molar-refractivity contribution >= 4 is 44.1 Å². The van der Waals surface area contributed by atoms with Crippen molar-refractivity contribution < 1.29 is 8.42 Å². The van der Waals surface area contributed by atoms with Gasteiger partial charge in [-0.1, -0.05) is 47.5 Å². The number of sulfonamides is 1. The molecule has 0 atom stereocenters. The maximum Gasteiger partial charge on any atom is 0.238 e. The molecular formula is C14H11Cl2N3O2S. The van der Waals surface area contributed by atoms with Crippen LogP contribution in [0.15, 0.2) is 47.5 Å². The number of nitrogens with zero attached hydrogens (tertiary/aromatic N) is 1. The summed E-state index contributed by atoms with van der Waals surface area (Å²) in [4.78, 5) is 0.0101. The second-order valence-electron chi connectivity index (χ2n) is 4.74. The maximum atomic E-state index is 11.8. The van der Waals surface area contributed by atoms with Crippen molar-refractivity contribution in [2.45, 2.75) is 4.90 Å². The highest BCUT2D eigenvalue weighted by molar-refractivity contribution is 7.89. The van der Waals surface area contributed by atoms with Crippen LogP contribution in [0.3, 0.4) is 0 Å². The maximum absolute atomic E-state index is 11.8. The SMILES string of the molecule is Nn1cc(Cl)c2c(Cl)ccc(-c3ccccc3S(N)(=O)=O)c21. The molecule has 114 valence electrons. The molecule has 0 radical (unpaired) electrons. The molecule has 0 spiro atoms. The Balaban J connectivity index is 2.46. The van der Waals surface area contributed by atoms with Gasteiger partial charge in [-0.05, 0) is 12.1 Å². The normalized spacial score (nSPS) is 12.0. The first-order valence-electron chi connectivity index (χ1n) is 6.17. The monoisotopic (exact) mass is 355 g/mol. The number of fused-ring (bicyclic) bond motifs is 1. The Kier molecular flexibility index (Phi) is 3.57. The lowest BCUT2D eigenvalue weighted by Crippen LogP contribution is -2.13. The van der Waals surface area contributed by atoms with E-state index in [0.29, 0.717) is 32.1 Å². The van der Waals surface area contributed by atoms with Crippen LogP contribution in [-0.4, -0.2) is 13.1 Å². The van der Waals surface area contributed by atoms with E-state index < -0.39 is 10.0 Å². The summed E-state index contributed by atoms with van der Waals surface area (Å²) in [5.74, 6) is 5.94. The molecule has 0 unspecified atom stereocenters. The molecule has 0 aliphatic carbocycles. The molecule has 1 heterocycles. The van der Waals surface area contributed by atoms with Gasteiger partial charge in [0.2, 0.25) is 10.0 Å². The smallest absolute Gasteiger partial charge is 0.238 e. The Hall–Kier alpha value is -1.73. The van der Waals surface area contributed by atoms with Gasteiger partial charge in [0, 0.05) is 22.7 Å². The van der Waals surface area contributed by atoms with E-state index in [4.69, 9.17) is 34.2 Å². The van der Waals surface area contributed by atoms with Gasteiger partial charge >= 0.3 is 0 Å². The van der Waals surface area contributed by atoms with E-state index in [1.54, 1.807) is 30.3 Å². The van der Waals surface area contributed by atoms with Crippen molar-refractivity contribution in [3.05, 3.63) is 52.6 Å². The number of nitrogens with two attached hydrogens (primary N) is 2. The molecule has 3 aromatic rings. The summed E-state index contributed by atoms with van der Waals surface area (Å²) in [5.41, 5.74) is 1.56. The van der Waals surface area contributed by atoms with Crippen molar-refractivity contribution in [2.75, 3.05) is 5.84 Å². The highest BCUT2D eigenvalue weighted by atomic mass is 35.5. The number of hydrogen-bond acceptors (Lipinski definition) is 3. The predicted molar refractivity (Wildman–Crippen MR) is 88.9 cm³/mol.